The first-order valence-electron chi connectivity index (χ1n) is 7.81. The number of esters is 1. The molecule has 0 aliphatic carbocycles. The molecule has 1 atom stereocenters. The van der Waals surface area contributed by atoms with Crippen LogP contribution in [0.25, 0.3) is 22.5 Å². The molecular weight excluding hydrogens is 324 g/mol. The highest BCUT2D eigenvalue weighted by Crippen LogP contribution is 2.27. The fourth-order valence-corrected chi connectivity index (χ4v) is 2.40. The second-order valence-corrected chi connectivity index (χ2v) is 5.90. The van der Waals surface area contributed by atoms with Crippen LogP contribution in [0.2, 0.25) is 0 Å². The Bertz CT molecular complexity index is 928. The first-order chi connectivity index (χ1) is 11.9. The van der Waals surface area contributed by atoms with E-state index in [4.69, 9.17) is 14.9 Å². The van der Waals surface area contributed by atoms with E-state index >= 15 is 0 Å². The third-order valence-electron chi connectivity index (χ3n) is 3.73. The number of carbonyl (C=O) groups excluding carboxylic acids is 2. The summed E-state index contributed by atoms with van der Waals surface area (Å²) >= 11 is 0. The van der Waals surface area contributed by atoms with Crippen LogP contribution in [-0.4, -0.2) is 32.7 Å². The molecule has 3 heterocycles. The van der Waals surface area contributed by atoms with Gasteiger partial charge in [0.15, 0.2) is 17.5 Å². The minimum absolute atomic E-state index is 0.0465. The molecule has 3 aromatic heterocycles. The van der Waals surface area contributed by atoms with E-state index in [1.54, 1.807) is 29.1 Å². The molecule has 3 rings (SSSR count). The highest BCUT2D eigenvalue weighted by molar-refractivity contribution is 6.04. The number of rotatable bonds is 5. The quantitative estimate of drug-likeness (QED) is 0.712. The Morgan fingerprint density at radius 2 is 2.08 bits per heavy atom. The van der Waals surface area contributed by atoms with E-state index in [-0.39, 0.29) is 11.6 Å². The van der Waals surface area contributed by atoms with Crippen molar-refractivity contribution in [2.24, 2.45) is 5.73 Å². The lowest BCUT2D eigenvalue weighted by Gasteiger charge is -2.12. The number of furan rings is 1. The van der Waals surface area contributed by atoms with Gasteiger partial charge in [0.25, 0.3) is 5.91 Å². The molecule has 8 heteroatoms. The van der Waals surface area contributed by atoms with Gasteiger partial charge < -0.3 is 14.9 Å². The van der Waals surface area contributed by atoms with E-state index < -0.39 is 18.0 Å². The van der Waals surface area contributed by atoms with Crippen LogP contribution < -0.4 is 5.73 Å². The maximum Gasteiger partial charge on any atom is 0.339 e. The number of ether oxygens (including phenoxy) is 1. The first-order valence-corrected chi connectivity index (χ1v) is 7.81. The van der Waals surface area contributed by atoms with Crippen LogP contribution in [0.1, 0.15) is 37.2 Å². The maximum atomic E-state index is 12.5. The van der Waals surface area contributed by atoms with Crippen molar-refractivity contribution in [2.45, 2.75) is 32.9 Å². The Labute approximate surface area is 143 Å². The van der Waals surface area contributed by atoms with E-state index in [0.717, 1.165) is 0 Å². The van der Waals surface area contributed by atoms with Crippen LogP contribution in [0.4, 0.5) is 0 Å². The zero-order valence-electron chi connectivity index (χ0n) is 14.1. The van der Waals surface area contributed by atoms with E-state index in [1.807, 2.05) is 13.8 Å². The lowest BCUT2D eigenvalue weighted by molar-refractivity contribution is -0.125. The molecule has 0 radical (unpaired) electrons. The van der Waals surface area contributed by atoms with Crippen molar-refractivity contribution in [1.82, 2.24) is 14.8 Å². The summed E-state index contributed by atoms with van der Waals surface area (Å²) in [5, 5.41) is 4.83. The van der Waals surface area contributed by atoms with Crippen molar-refractivity contribution in [2.75, 3.05) is 0 Å². The summed E-state index contributed by atoms with van der Waals surface area (Å²) in [7, 11) is 0. The minimum atomic E-state index is -1.04. The van der Waals surface area contributed by atoms with Crippen molar-refractivity contribution < 1.29 is 18.7 Å². The lowest BCUT2D eigenvalue weighted by atomic mass is 10.1. The van der Waals surface area contributed by atoms with Crippen molar-refractivity contribution >= 4 is 22.9 Å². The van der Waals surface area contributed by atoms with Gasteiger partial charge in [-0.05, 0) is 39.0 Å². The van der Waals surface area contributed by atoms with Crippen LogP contribution in [0.5, 0.6) is 0 Å². The summed E-state index contributed by atoms with van der Waals surface area (Å²) in [6.07, 6.45) is 2.04. The van der Waals surface area contributed by atoms with Gasteiger partial charge in [-0.15, -0.1) is 0 Å². The van der Waals surface area contributed by atoms with Crippen LogP contribution in [0.15, 0.2) is 35.1 Å². The Kier molecular flexibility index (Phi) is 4.26. The number of nitrogens with zero attached hydrogens (tertiary/aromatic N) is 3. The Hall–Kier alpha value is -3.16. The van der Waals surface area contributed by atoms with E-state index in [0.29, 0.717) is 22.5 Å². The van der Waals surface area contributed by atoms with Crippen molar-refractivity contribution in [3.63, 3.8) is 0 Å². The summed E-state index contributed by atoms with van der Waals surface area (Å²) in [6, 6.07) is 5.08. The molecule has 130 valence electrons. The molecule has 1 amide bonds. The largest absolute Gasteiger partial charge is 0.463 e. The number of hydrogen-bond acceptors (Lipinski definition) is 6. The minimum Gasteiger partial charge on any atom is -0.463 e. The van der Waals surface area contributed by atoms with Crippen molar-refractivity contribution in [1.29, 1.82) is 0 Å². The first kappa shape index (κ1) is 16.7. The zero-order valence-corrected chi connectivity index (χ0v) is 14.1. The highest BCUT2D eigenvalue weighted by atomic mass is 16.5. The van der Waals surface area contributed by atoms with Gasteiger partial charge in [-0.25, -0.2) is 14.5 Å². The summed E-state index contributed by atoms with van der Waals surface area (Å²) in [4.78, 5) is 28.3. The predicted molar refractivity (Wildman–Crippen MR) is 89.7 cm³/mol. The van der Waals surface area contributed by atoms with Crippen LogP contribution in [0, 0.1) is 0 Å². The SMILES string of the molecule is CC(C)n1ncc2c(C(=O)O[C@@H](C)C(N)=O)cc(-c3ccco3)nc21. The van der Waals surface area contributed by atoms with Gasteiger partial charge in [0, 0.05) is 6.04 Å². The molecule has 0 unspecified atom stereocenters. The van der Waals surface area contributed by atoms with Crippen molar-refractivity contribution in [3.05, 3.63) is 36.2 Å². The average Bonchev–Trinajstić information content (AvgIpc) is 3.22. The molecule has 0 aromatic carbocycles. The Morgan fingerprint density at radius 1 is 1.32 bits per heavy atom. The summed E-state index contributed by atoms with van der Waals surface area (Å²) in [5.41, 5.74) is 6.41. The number of amides is 1. The zero-order chi connectivity index (χ0) is 18.1. The molecule has 0 saturated heterocycles. The Balaban J connectivity index is 2.16. The molecule has 2 N–H and O–H groups in total. The van der Waals surface area contributed by atoms with Crippen LogP contribution in [-0.2, 0) is 9.53 Å². The van der Waals surface area contributed by atoms with Gasteiger partial charge in [0.1, 0.15) is 5.69 Å². The molecule has 0 saturated carbocycles. The van der Waals surface area contributed by atoms with Gasteiger partial charge >= 0.3 is 5.97 Å². The van der Waals surface area contributed by atoms with Gasteiger partial charge in [-0.3, -0.25) is 4.79 Å². The molecule has 0 aliphatic rings. The second-order valence-electron chi connectivity index (χ2n) is 5.90. The van der Waals surface area contributed by atoms with Crippen molar-refractivity contribution in [3.8, 4) is 11.5 Å². The van der Waals surface area contributed by atoms with Gasteiger partial charge in [0.05, 0.1) is 23.4 Å². The number of pyridine rings is 1. The molecule has 3 aromatic rings. The number of fused-ring (bicyclic) bond motifs is 1. The molecule has 0 aliphatic heterocycles. The molecular formula is C17H18N4O4. The lowest BCUT2D eigenvalue weighted by Crippen LogP contribution is -2.30. The fourth-order valence-electron chi connectivity index (χ4n) is 2.40. The van der Waals surface area contributed by atoms with Crippen LogP contribution in [0.3, 0.4) is 0 Å². The number of hydrogen-bond donors (Lipinski definition) is 1. The van der Waals surface area contributed by atoms with Gasteiger partial charge in [-0.2, -0.15) is 5.10 Å². The van der Waals surface area contributed by atoms with Gasteiger partial charge in [-0.1, -0.05) is 0 Å². The van der Waals surface area contributed by atoms with Gasteiger partial charge in [0.2, 0.25) is 0 Å². The summed E-state index contributed by atoms with van der Waals surface area (Å²) in [6.45, 7) is 5.34. The van der Waals surface area contributed by atoms with E-state index in [9.17, 15) is 9.59 Å². The van der Waals surface area contributed by atoms with Crippen LogP contribution >= 0.6 is 0 Å². The molecule has 25 heavy (non-hydrogen) atoms. The number of nitrogens with two attached hydrogens (primary N) is 1. The number of carbonyl (C=O) groups is 2. The average molecular weight is 342 g/mol. The maximum absolute atomic E-state index is 12.5. The molecule has 0 fully saturated rings. The summed E-state index contributed by atoms with van der Waals surface area (Å²) < 4.78 is 12.2. The normalized spacial score (nSPS) is 12.5. The van der Waals surface area contributed by atoms with E-state index in [1.165, 1.54) is 13.2 Å². The second kappa shape index (κ2) is 6.39. The third kappa shape index (κ3) is 3.10. The molecule has 8 nitrogen and oxygen atoms in total. The molecule has 0 spiro atoms. The van der Waals surface area contributed by atoms with E-state index in [2.05, 4.69) is 10.1 Å². The predicted octanol–water partition coefficient (Wildman–Crippen LogP) is 2.30. The smallest absolute Gasteiger partial charge is 0.339 e. The fraction of sp³-hybridized carbons (Fsp3) is 0.294. The standard InChI is InChI=1S/C17H18N4O4/c1-9(2)21-16-12(8-19-21)11(17(23)25-10(3)15(18)22)7-13(20-16)14-5-4-6-24-14/h4-10H,1-3H3,(H2,18,22)/t10-/m0/s1. The highest BCUT2D eigenvalue weighted by Gasteiger charge is 2.23. The number of primary amides is 1. The Morgan fingerprint density at radius 3 is 2.68 bits per heavy atom. The monoisotopic (exact) mass is 342 g/mol. The summed E-state index contributed by atoms with van der Waals surface area (Å²) in [5.74, 6) is -0.881. The number of aromatic nitrogens is 3. The topological polar surface area (TPSA) is 113 Å². The third-order valence-corrected chi connectivity index (χ3v) is 3.73. The molecule has 0 bridgehead atoms.